The number of nitrogens with one attached hydrogen (secondary N) is 1. The molecule has 2 aromatic carbocycles. The zero-order valence-electron chi connectivity index (χ0n) is 16.1. The topological polar surface area (TPSA) is 85.2 Å². The van der Waals surface area contributed by atoms with Crippen LogP contribution in [0.1, 0.15) is 29.5 Å². The highest BCUT2D eigenvalue weighted by molar-refractivity contribution is 6.02. The normalized spacial score (nSPS) is 16.2. The molecule has 0 bridgehead atoms. The molecule has 2 aromatic rings. The molecule has 30 heavy (non-hydrogen) atoms. The van der Waals surface area contributed by atoms with Gasteiger partial charge >= 0.3 is 6.03 Å². The van der Waals surface area contributed by atoms with Crippen molar-refractivity contribution in [3.05, 3.63) is 58.9 Å². The number of phenolic OH excluding ortho intramolecular Hbond substituents is 1. The summed E-state index contributed by atoms with van der Waals surface area (Å²) in [4.78, 5) is 25.0. The van der Waals surface area contributed by atoms with Crippen molar-refractivity contribution in [2.75, 3.05) is 24.5 Å². The van der Waals surface area contributed by atoms with E-state index in [4.69, 9.17) is 0 Å². The van der Waals surface area contributed by atoms with Gasteiger partial charge in [-0.3, -0.25) is 10.1 Å². The Morgan fingerprint density at radius 1 is 1.07 bits per heavy atom. The van der Waals surface area contributed by atoms with Gasteiger partial charge in [-0.15, -0.1) is 0 Å². The van der Waals surface area contributed by atoms with E-state index in [9.17, 15) is 19.1 Å². The number of rotatable bonds is 3. The van der Waals surface area contributed by atoms with Gasteiger partial charge in [0.25, 0.3) is 0 Å². The maximum absolute atomic E-state index is 14.1. The predicted molar refractivity (Wildman–Crippen MR) is 110 cm³/mol. The third-order valence-corrected chi connectivity index (χ3v) is 4.89. The smallest absolute Gasteiger partial charge is 0.344 e. The molecule has 0 unspecified atom stereocenters. The zero-order chi connectivity index (χ0) is 21.1. The number of hydrogen-bond donors (Lipinski definition) is 2. The van der Waals surface area contributed by atoms with Crippen molar-refractivity contribution >= 4 is 23.8 Å². The molecule has 0 aliphatic carbocycles. The van der Waals surface area contributed by atoms with Crippen LogP contribution in [0.15, 0.2) is 41.5 Å². The van der Waals surface area contributed by atoms with E-state index in [-0.39, 0.29) is 12.1 Å². The highest BCUT2D eigenvalue weighted by Crippen LogP contribution is 2.22. The van der Waals surface area contributed by atoms with E-state index in [1.165, 1.54) is 18.9 Å². The maximum atomic E-state index is 14.1. The zero-order valence-corrected chi connectivity index (χ0v) is 16.1. The van der Waals surface area contributed by atoms with Crippen LogP contribution in [-0.4, -0.2) is 47.9 Å². The molecule has 152 valence electrons. The molecule has 8 heteroatoms. The van der Waals surface area contributed by atoms with Crippen LogP contribution >= 0.6 is 0 Å². The van der Waals surface area contributed by atoms with Crippen molar-refractivity contribution in [3.8, 4) is 17.6 Å². The number of halogens is 1. The van der Waals surface area contributed by atoms with Crippen LogP contribution in [0.3, 0.4) is 0 Å². The van der Waals surface area contributed by atoms with E-state index >= 15 is 0 Å². The lowest BCUT2D eigenvalue weighted by atomic mass is 10.1. The average Bonchev–Trinajstić information content (AvgIpc) is 3.38. The van der Waals surface area contributed by atoms with Crippen LogP contribution < -0.4 is 10.2 Å². The Kier molecular flexibility index (Phi) is 5.35. The van der Waals surface area contributed by atoms with Gasteiger partial charge in [-0.1, -0.05) is 11.8 Å². The number of carbonyl (C=O) groups is 2. The Bertz CT molecular complexity index is 1080. The highest BCUT2D eigenvalue weighted by atomic mass is 19.1. The second kappa shape index (κ2) is 8.25. The number of hydrogen-bond acceptors (Lipinski definition) is 5. The summed E-state index contributed by atoms with van der Waals surface area (Å²) in [5.41, 5.74) is 2.35. The largest absolute Gasteiger partial charge is 0.504 e. The van der Waals surface area contributed by atoms with Crippen LogP contribution in [0.25, 0.3) is 0 Å². The van der Waals surface area contributed by atoms with Gasteiger partial charge in [0.1, 0.15) is 6.54 Å². The maximum Gasteiger partial charge on any atom is 0.344 e. The Balaban J connectivity index is 1.52. The number of anilines is 1. The summed E-state index contributed by atoms with van der Waals surface area (Å²) in [6.07, 6.45) is 3.53. The van der Waals surface area contributed by atoms with Crippen LogP contribution in [0.5, 0.6) is 5.75 Å². The Hall–Kier alpha value is -3.86. The number of benzene rings is 2. The van der Waals surface area contributed by atoms with Crippen molar-refractivity contribution < 1.29 is 19.1 Å². The number of nitrogens with zero attached hydrogens (tertiary/aromatic N) is 3. The molecule has 7 nitrogen and oxygen atoms in total. The molecule has 2 heterocycles. The SMILES string of the molecule is O=C1CN(N=Cc2cc(C#Cc3ccc(N4CCCC4)cc3)cc(F)c2O)C(=O)N1. The third-order valence-electron chi connectivity index (χ3n) is 4.89. The average molecular weight is 406 g/mol. The molecule has 0 spiro atoms. The Morgan fingerprint density at radius 3 is 2.43 bits per heavy atom. The molecule has 0 atom stereocenters. The van der Waals surface area contributed by atoms with E-state index in [1.54, 1.807) is 0 Å². The molecule has 2 saturated heterocycles. The molecule has 2 aliphatic heterocycles. The molecule has 3 amide bonds. The van der Waals surface area contributed by atoms with Crippen molar-refractivity contribution in [2.24, 2.45) is 5.10 Å². The summed E-state index contributed by atoms with van der Waals surface area (Å²) in [6.45, 7) is 1.90. The fourth-order valence-corrected chi connectivity index (χ4v) is 3.32. The standard InChI is InChI=1S/C22H19FN4O3/c23-19-12-16(4-3-15-5-7-18(8-6-15)26-9-1-2-10-26)11-17(21(19)29)13-24-27-14-20(28)25-22(27)30/h5-8,11-13,29H,1-2,9-10,14H2,(H,25,28,30). The Morgan fingerprint density at radius 2 is 1.77 bits per heavy atom. The van der Waals surface area contributed by atoms with Crippen LogP contribution in [-0.2, 0) is 4.79 Å². The Labute approximate surface area is 172 Å². The minimum atomic E-state index is -0.852. The molecular weight excluding hydrogens is 387 g/mol. The lowest BCUT2D eigenvalue weighted by Gasteiger charge is -2.17. The van der Waals surface area contributed by atoms with Crippen LogP contribution in [0.2, 0.25) is 0 Å². The van der Waals surface area contributed by atoms with E-state index < -0.39 is 23.5 Å². The van der Waals surface area contributed by atoms with Crippen LogP contribution in [0.4, 0.5) is 14.9 Å². The van der Waals surface area contributed by atoms with Crippen molar-refractivity contribution in [3.63, 3.8) is 0 Å². The summed E-state index contributed by atoms with van der Waals surface area (Å²) in [5, 5.41) is 16.7. The van der Waals surface area contributed by atoms with Gasteiger partial charge in [-0.2, -0.15) is 5.10 Å². The van der Waals surface area contributed by atoms with Gasteiger partial charge in [0.15, 0.2) is 11.6 Å². The molecular formula is C22H19FN4O3. The summed E-state index contributed by atoms with van der Waals surface area (Å²) >= 11 is 0. The molecule has 2 aliphatic rings. The minimum absolute atomic E-state index is 0.0517. The highest BCUT2D eigenvalue weighted by Gasteiger charge is 2.26. The molecule has 2 fully saturated rings. The van der Waals surface area contributed by atoms with Gasteiger partial charge < -0.3 is 10.0 Å². The second-order valence-electron chi connectivity index (χ2n) is 7.04. The van der Waals surface area contributed by atoms with Crippen molar-refractivity contribution in [2.45, 2.75) is 12.8 Å². The first-order valence-electron chi connectivity index (χ1n) is 9.54. The molecule has 2 N–H and O–H groups in total. The third kappa shape index (κ3) is 4.25. The number of imide groups is 1. The first kappa shape index (κ1) is 19.5. The minimum Gasteiger partial charge on any atom is -0.504 e. The van der Waals surface area contributed by atoms with Crippen molar-refractivity contribution in [1.29, 1.82) is 0 Å². The summed E-state index contributed by atoms with van der Waals surface area (Å²) in [7, 11) is 0. The molecule has 0 radical (unpaired) electrons. The van der Waals surface area contributed by atoms with E-state index in [0.29, 0.717) is 5.56 Å². The van der Waals surface area contributed by atoms with E-state index in [1.807, 2.05) is 24.3 Å². The van der Waals surface area contributed by atoms with Crippen molar-refractivity contribution in [1.82, 2.24) is 10.3 Å². The monoisotopic (exact) mass is 406 g/mol. The summed E-state index contributed by atoms with van der Waals surface area (Å²) in [5.74, 6) is 3.92. The lowest BCUT2D eigenvalue weighted by Crippen LogP contribution is -2.24. The number of carbonyl (C=O) groups excluding carboxylic acids is 2. The van der Waals surface area contributed by atoms with Gasteiger partial charge in [0.05, 0.1) is 6.21 Å². The molecule has 4 rings (SSSR count). The number of urea groups is 1. The van der Waals surface area contributed by atoms with Crippen LogP contribution in [0, 0.1) is 17.7 Å². The number of amides is 3. The predicted octanol–water partition coefficient (Wildman–Crippen LogP) is 2.42. The molecule has 0 aromatic heterocycles. The first-order valence-corrected chi connectivity index (χ1v) is 9.54. The second-order valence-corrected chi connectivity index (χ2v) is 7.04. The van der Waals surface area contributed by atoms with Gasteiger partial charge in [0, 0.05) is 35.5 Å². The van der Waals surface area contributed by atoms with Gasteiger partial charge in [0.2, 0.25) is 5.91 Å². The lowest BCUT2D eigenvalue weighted by molar-refractivity contribution is -0.118. The number of hydrazone groups is 1. The fourth-order valence-electron chi connectivity index (χ4n) is 3.32. The van der Waals surface area contributed by atoms with E-state index in [0.717, 1.165) is 41.6 Å². The quantitative estimate of drug-likeness (QED) is 0.466. The first-order chi connectivity index (χ1) is 14.5. The van der Waals surface area contributed by atoms with Gasteiger partial charge in [-0.25, -0.2) is 14.2 Å². The number of aromatic hydroxyl groups is 1. The summed E-state index contributed by atoms with van der Waals surface area (Å²) in [6, 6.07) is 9.80. The number of phenols is 1. The van der Waals surface area contributed by atoms with Gasteiger partial charge in [-0.05, 0) is 49.2 Å². The fraction of sp³-hybridized carbons (Fsp3) is 0.227. The molecule has 0 saturated carbocycles. The summed E-state index contributed by atoms with van der Waals surface area (Å²) < 4.78 is 14.1. The van der Waals surface area contributed by atoms with E-state index in [2.05, 4.69) is 27.2 Å².